The normalized spacial score (nSPS) is 11.6. The SMILES string of the molecule is c1ccc(-c2ccc(-c3nc(-c4ccc5c(c4)oc4ccccc45)nc(-c4ccc5oc6ccc(-c7ccccc7)cc6c5c4)n3)cc2)cc1. The lowest BCUT2D eigenvalue weighted by atomic mass is 10.0. The Morgan fingerprint density at radius 1 is 0.260 bits per heavy atom. The van der Waals surface area contributed by atoms with Gasteiger partial charge in [0, 0.05) is 38.2 Å². The Hall–Kier alpha value is -6.85. The summed E-state index contributed by atoms with van der Waals surface area (Å²) in [5, 5.41) is 4.20. The highest BCUT2D eigenvalue weighted by Gasteiger charge is 2.17. The Labute approximate surface area is 287 Å². The lowest BCUT2D eigenvalue weighted by Crippen LogP contribution is -2.00. The third kappa shape index (κ3) is 4.83. The van der Waals surface area contributed by atoms with Crippen LogP contribution in [0.15, 0.2) is 173 Å². The smallest absolute Gasteiger partial charge is 0.164 e. The van der Waals surface area contributed by atoms with Gasteiger partial charge in [-0.25, -0.2) is 15.0 Å². The number of benzene rings is 7. The van der Waals surface area contributed by atoms with Gasteiger partial charge in [-0.05, 0) is 70.8 Å². The van der Waals surface area contributed by atoms with Gasteiger partial charge in [-0.15, -0.1) is 0 Å². The molecule has 0 aliphatic heterocycles. The van der Waals surface area contributed by atoms with E-state index in [9.17, 15) is 0 Å². The topological polar surface area (TPSA) is 65.0 Å². The predicted octanol–water partition coefficient (Wildman–Crippen LogP) is 12.0. The Bertz CT molecular complexity index is 2850. The molecule has 0 fully saturated rings. The van der Waals surface area contributed by atoms with Crippen LogP contribution in [0.1, 0.15) is 0 Å². The first-order valence-corrected chi connectivity index (χ1v) is 16.6. The van der Waals surface area contributed by atoms with Crippen LogP contribution in [-0.4, -0.2) is 15.0 Å². The molecule has 0 N–H and O–H groups in total. The van der Waals surface area contributed by atoms with E-state index < -0.39 is 0 Å². The minimum atomic E-state index is 0.572. The van der Waals surface area contributed by atoms with Gasteiger partial charge in [0.25, 0.3) is 0 Å². The fourth-order valence-corrected chi connectivity index (χ4v) is 6.80. The Morgan fingerprint density at radius 3 is 1.38 bits per heavy atom. The molecule has 3 aromatic heterocycles. The lowest BCUT2D eigenvalue weighted by Gasteiger charge is -2.09. The molecule has 0 saturated carbocycles. The Kier molecular flexibility index (Phi) is 6.42. The van der Waals surface area contributed by atoms with E-state index in [4.69, 9.17) is 23.8 Å². The standard InChI is InChI=1S/C45H27N3O2/c1-3-9-28(10-4-1)30-15-17-31(18-16-30)43-46-44(48-45(47-43)34-19-22-36-35-13-7-8-14-39(35)50-42(36)27-34)33-21-24-41-38(26-33)37-25-32(20-23-40(37)49-41)29-11-5-2-6-12-29/h1-27H. The molecule has 0 spiro atoms. The zero-order chi connectivity index (χ0) is 33.0. The zero-order valence-corrected chi connectivity index (χ0v) is 26.7. The summed E-state index contributed by atoms with van der Waals surface area (Å²) < 4.78 is 12.5. The summed E-state index contributed by atoms with van der Waals surface area (Å²) in [4.78, 5) is 15.2. The number of para-hydroxylation sites is 1. The van der Waals surface area contributed by atoms with Gasteiger partial charge in [0.05, 0.1) is 0 Å². The van der Waals surface area contributed by atoms with Crippen molar-refractivity contribution >= 4 is 43.9 Å². The minimum absolute atomic E-state index is 0.572. The van der Waals surface area contributed by atoms with E-state index >= 15 is 0 Å². The van der Waals surface area contributed by atoms with Crippen molar-refractivity contribution in [2.45, 2.75) is 0 Å². The average Bonchev–Trinajstić information content (AvgIpc) is 3.75. The molecule has 0 radical (unpaired) electrons. The summed E-state index contributed by atoms with van der Waals surface area (Å²) in [5.41, 5.74) is 10.5. The number of hydrogen-bond donors (Lipinski definition) is 0. The van der Waals surface area contributed by atoms with E-state index in [1.807, 2.05) is 54.6 Å². The van der Waals surface area contributed by atoms with E-state index in [0.717, 1.165) is 82.8 Å². The van der Waals surface area contributed by atoms with Crippen LogP contribution in [0, 0.1) is 0 Å². The molecule has 50 heavy (non-hydrogen) atoms. The van der Waals surface area contributed by atoms with Gasteiger partial charge < -0.3 is 8.83 Å². The minimum Gasteiger partial charge on any atom is -0.456 e. The highest BCUT2D eigenvalue weighted by atomic mass is 16.3. The van der Waals surface area contributed by atoms with Gasteiger partial charge in [-0.1, -0.05) is 115 Å². The molecule has 0 bridgehead atoms. The third-order valence-corrected chi connectivity index (χ3v) is 9.36. The maximum absolute atomic E-state index is 6.27. The predicted molar refractivity (Wildman–Crippen MR) is 202 cm³/mol. The van der Waals surface area contributed by atoms with Crippen LogP contribution in [-0.2, 0) is 0 Å². The molecule has 5 heteroatoms. The van der Waals surface area contributed by atoms with Crippen LogP contribution in [0.4, 0.5) is 0 Å². The monoisotopic (exact) mass is 641 g/mol. The van der Waals surface area contributed by atoms with Crippen molar-refractivity contribution < 1.29 is 8.83 Å². The summed E-state index contributed by atoms with van der Waals surface area (Å²) in [6.07, 6.45) is 0. The number of hydrogen-bond acceptors (Lipinski definition) is 5. The van der Waals surface area contributed by atoms with Gasteiger partial charge in [0.15, 0.2) is 17.5 Å². The van der Waals surface area contributed by atoms with E-state index in [-0.39, 0.29) is 0 Å². The molecule has 0 atom stereocenters. The van der Waals surface area contributed by atoms with Crippen LogP contribution >= 0.6 is 0 Å². The van der Waals surface area contributed by atoms with Crippen molar-refractivity contribution in [2.24, 2.45) is 0 Å². The Morgan fingerprint density at radius 2 is 0.680 bits per heavy atom. The first-order chi connectivity index (χ1) is 24.7. The Balaban J connectivity index is 1.13. The van der Waals surface area contributed by atoms with Gasteiger partial charge in [0.2, 0.25) is 0 Å². The number of nitrogens with zero attached hydrogens (tertiary/aromatic N) is 3. The lowest BCUT2D eigenvalue weighted by molar-refractivity contribution is 0.668. The first-order valence-electron chi connectivity index (χ1n) is 16.6. The van der Waals surface area contributed by atoms with E-state index in [2.05, 4.69) is 109 Å². The van der Waals surface area contributed by atoms with Crippen LogP contribution in [0.25, 0.3) is 100 Å². The largest absolute Gasteiger partial charge is 0.456 e. The molecule has 5 nitrogen and oxygen atoms in total. The molecule has 0 aliphatic rings. The fraction of sp³-hybridized carbons (Fsp3) is 0. The number of rotatable bonds is 5. The van der Waals surface area contributed by atoms with E-state index in [1.165, 1.54) is 0 Å². The summed E-state index contributed by atoms with van der Waals surface area (Å²) >= 11 is 0. The number of fused-ring (bicyclic) bond motifs is 6. The molecule has 10 rings (SSSR count). The molecule has 0 unspecified atom stereocenters. The second-order valence-electron chi connectivity index (χ2n) is 12.4. The second kappa shape index (κ2) is 11.4. The maximum Gasteiger partial charge on any atom is 0.164 e. The van der Waals surface area contributed by atoms with Gasteiger partial charge in [-0.3, -0.25) is 0 Å². The van der Waals surface area contributed by atoms with Crippen LogP contribution < -0.4 is 0 Å². The van der Waals surface area contributed by atoms with Crippen molar-refractivity contribution in [3.8, 4) is 56.4 Å². The molecular formula is C45H27N3O2. The van der Waals surface area contributed by atoms with Crippen LogP contribution in [0.2, 0.25) is 0 Å². The van der Waals surface area contributed by atoms with Gasteiger partial charge in [-0.2, -0.15) is 0 Å². The molecule has 7 aromatic carbocycles. The zero-order valence-electron chi connectivity index (χ0n) is 26.7. The first kappa shape index (κ1) is 28.2. The molecule has 0 amide bonds. The maximum atomic E-state index is 6.27. The quantitative estimate of drug-likeness (QED) is 0.187. The van der Waals surface area contributed by atoms with Crippen molar-refractivity contribution in [2.75, 3.05) is 0 Å². The third-order valence-electron chi connectivity index (χ3n) is 9.36. The highest BCUT2D eigenvalue weighted by molar-refractivity contribution is 6.08. The molecular weight excluding hydrogens is 615 g/mol. The highest BCUT2D eigenvalue weighted by Crippen LogP contribution is 2.36. The molecule has 3 heterocycles. The summed E-state index contributed by atoms with van der Waals surface area (Å²) in [6, 6.07) is 55.9. The molecule has 10 aromatic rings. The summed E-state index contributed by atoms with van der Waals surface area (Å²) in [7, 11) is 0. The second-order valence-corrected chi connectivity index (χ2v) is 12.4. The van der Waals surface area contributed by atoms with E-state index in [1.54, 1.807) is 0 Å². The van der Waals surface area contributed by atoms with Crippen molar-refractivity contribution in [1.29, 1.82) is 0 Å². The van der Waals surface area contributed by atoms with Crippen LogP contribution in [0.5, 0.6) is 0 Å². The van der Waals surface area contributed by atoms with Gasteiger partial charge in [0.1, 0.15) is 22.3 Å². The fourth-order valence-electron chi connectivity index (χ4n) is 6.80. The summed E-state index contributed by atoms with van der Waals surface area (Å²) in [5.74, 6) is 1.75. The molecule has 0 saturated heterocycles. The average molecular weight is 642 g/mol. The van der Waals surface area contributed by atoms with Crippen molar-refractivity contribution in [1.82, 2.24) is 15.0 Å². The van der Waals surface area contributed by atoms with Crippen LogP contribution in [0.3, 0.4) is 0 Å². The van der Waals surface area contributed by atoms with Crippen molar-refractivity contribution in [3.05, 3.63) is 164 Å². The number of aromatic nitrogens is 3. The van der Waals surface area contributed by atoms with Crippen molar-refractivity contribution in [3.63, 3.8) is 0 Å². The molecule has 234 valence electrons. The summed E-state index contributed by atoms with van der Waals surface area (Å²) in [6.45, 7) is 0. The van der Waals surface area contributed by atoms with E-state index in [0.29, 0.717) is 17.5 Å². The van der Waals surface area contributed by atoms with Gasteiger partial charge >= 0.3 is 0 Å². The molecule has 0 aliphatic carbocycles. The number of furan rings is 2.